The molecule has 21 heavy (non-hydrogen) atoms. The van der Waals surface area contributed by atoms with Crippen LogP contribution in [-0.4, -0.2) is 16.5 Å². The maximum absolute atomic E-state index is 13.1. The van der Waals surface area contributed by atoms with E-state index < -0.39 is 5.41 Å². The van der Waals surface area contributed by atoms with E-state index in [4.69, 9.17) is 0 Å². The second kappa shape index (κ2) is 6.10. The van der Waals surface area contributed by atoms with Crippen molar-refractivity contribution in [1.82, 2.24) is 9.97 Å². The van der Waals surface area contributed by atoms with Crippen LogP contribution in [0.25, 0.3) is 0 Å². The standard InChI is InChI=1S/C16H19BrFN3/c1-5-19-14-13(17)10(2)20-15(21-14)16(3,4)11-6-8-12(18)9-7-11/h6-9H,5H2,1-4H3,(H,19,20,21). The average molecular weight is 352 g/mol. The molecule has 0 bridgehead atoms. The van der Waals surface area contributed by atoms with E-state index in [-0.39, 0.29) is 5.82 Å². The van der Waals surface area contributed by atoms with Gasteiger partial charge in [-0.1, -0.05) is 12.1 Å². The van der Waals surface area contributed by atoms with Gasteiger partial charge in [0.1, 0.15) is 17.5 Å². The molecule has 0 aliphatic carbocycles. The van der Waals surface area contributed by atoms with E-state index in [9.17, 15) is 4.39 Å². The number of nitrogens with one attached hydrogen (secondary N) is 1. The maximum atomic E-state index is 13.1. The summed E-state index contributed by atoms with van der Waals surface area (Å²) in [6.45, 7) is 8.83. The zero-order chi connectivity index (χ0) is 15.6. The molecule has 0 radical (unpaired) electrons. The van der Waals surface area contributed by atoms with Gasteiger partial charge in [-0.3, -0.25) is 0 Å². The van der Waals surface area contributed by atoms with Crippen molar-refractivity contribution in [3.05, 3.63) is 51.6 Å². The van der Waals surface area contributed by atoms with Gasteiger partial charge in [-0.25, -0.2) is 14.4 Å². The quantitative estimate of drug-likeness (QED) is 0.884. The highest BCUT2D eigenvalue weighted by Gasteiger charge is 2.28. The van der Waals surface area contributed by atoms with Gasteiger partial charge in [-0.05, 0) is 61.3 Å². The highest BCUT2D eigenvalue weighted by atomic mass is 79.9. The smallest absolute Gasteiger partial charge is 0.144 e. The fraction of sp³-hybridized carbons (Fsp3) is 0.375. The van der Waals surface area contributed by atoms with Crippen LogP contribution in [0, 0.1) is 12.7 Å². The van der Waals surface area contributed by atoms with Crippen LogP contribution in [0.1, 0.15) is 37.9 Å². The van der Waals surface area contributed by atoms with Gasteiger partial charge in [0.05, 0.1) is 10.2 Å². The van der Waals surface area contributed by atoms with Gasteiger partial charge in [-0.2, -0.15) is 0 Å². The van der Waals surface area contributed by atoms with E-state index in [1.165, 1.54) is 12.1 Å². The molecule has 2 rings (SSSR count). The molecule has 1 aromatic heterocycles. The number of nitrogens with zero attached hydrogens (tertiary/aromatic N) is 2. The first kappa shape index (κ1) is 15.9. The summed E-state index contributed by atoms with van der Waals surface area (Å²) < 4.78 is 14.0. The predicted octanol–water partition coefficient (Wildman–Crippen LogP) is 4.44. The van der Waals surface area contributed by atoms with Crippen molar-refractivity contribution in [2.24, 2.45) is 0 Å². The highest BCUT2D eigenvalue weighted by Crippen LogP contribution is 2.32. The lowest BCUT2D eigenvalue weighted by Gasteiger charge is -2.25. The lowest BCUT2D eigenvalue weighted by molar-refractivity contribution is 0.581. The molecule has 1 heterocycles. The van der Waals surface area contributed by atoms with Gasteiger partial charge in [0.15, 0.2) is 0 Å². The third-order valence-corrected chi connectivity index (χ3v) is 4.44. The molecule has 5 heteroatoms. The van der Waals surface area contributed by atoms with E-state index in [0.717, 1.165) is 28.1 Å². The van der Waals surface area contributed by atoms with Gasteiger partial charge >= 0.3 is 0 Å². The van der Waals surface area contributed by atoms with Crippen molar-refractivity contribution < 1.29 is 4.39 Å². The summed E-state index contributed by atoms with van der Waals surface area (Å²) in [7, 11) is 0. The first-order chi connectivity index (χ1) is 9.86. The topological polar surface area (TPSA) is 37.8 Å². The first-order valence-electron chi connectivity index (χ1n) is 6.90. The Morgan fingerprint density at radius 1 is 1.19 bits per heavy atom. The number of hydrogen-bond donors (Lipinski definition) is 1. The average Bonchev–Trinajstić information content (AvgIpc) is 2.44. The number of aromatic nitrogens is 2. The van der Waals surface area contributed by atoms with E-state index in [1.807, 2.05) is 27.7 Å². The number of benzene rings is 1. The Bertz CT molecular complexity index is 639. The molecular weight excluding hydrogens is 333 g/mol. The van der Waals surface area contributed by atoms with Crippen LogP contribution >= 0.6 is 15.9 Å². The normalized spacial score (nSPS) is 11.5. The largest absolute Gasteiger partial charge is 0.369 e. The lowest BCUT2D eigenvalue weighted by atomic mass is 9.83. The molecule has 3 nitrogen and oxygen atoms in total. The highest BCUT2D eigenvalue weighted by molar-refractivity contribution is 9.10. The molecule has 0 saturated heterocycles. The second-order valence-corrected chi connectivity index (χ2v) is 6.25. The number of anilines is 1. The molecular formula is C16H19BrFN3. The summed E-state index contributed by atoms with van der Waals surface area (Å²) in [5.74, 6) is 1.26. The van der Waals surface area contributed by atoms with Gasteiger partial charge in [0.25, 0.3) is 0 Å². The molecule has 2 aromatic rings. The van der Waals surface area contributed by atoms with Crippen molar-refractivity contribution in [3.8, 4) is 0 Å². The van der Waals surface area contributed by atoms with Gasteiger partial charge in [0, 0.05) is 12.0 Å². The van der Waals surface area contributed by atoms with Crippen molar-refractivity contribution >= 4 is 21.7 Å². The maximum Gasteiger partial charge on any atom is 0.144 e. The summed E-state index contributed by atoms with van der Waals surface area (Å²) in [5.41, 5.74) is 1.46. The Morgan fingerprint density at radius 3 is 2.38 bits per heavy atom. The number of rotatable bonds is 4. The SMILES string of the molecule is CCNc1nc(C(C)(C)c2ccc(F)cc2)nc(C)c1Br. The first-order valence-corrected chi connectivity index (χ1v) is 7.70. The van der Waals surface area contributed by atoms with Gasteiger partial charge < -0.3 is 5.32 Å². The van der Waals surface area contributed by atoms with Crippen molar-refractivity contribution in [1.29, 1.82) is 0 Å². The molecule has 0 fully saturated rings. The van der Waals surface area contributed by atoms with Crippen LogP contribution in [0.2, 0.25) is 0 Å². The van der Waals surface area contributed by atoms with Crippen LogP contribution in [0.4, 0.5) is 10.2 Å². The minimum Gasteiger partial charge on any atom is -0.369 e. The summed E-state index contributed by atoms with van der Waals surface area (Å²) in [6, 6.07) is 6.49. The zero-order valence-corrected chi connectivity index (χ0v) is 14.3. The van der Waals surface area contributed by atoms with Gasteiger partial charge in [0.2, 0.25) is 0 Å². The van der Waals surface area contributed by atoms with Crippen LogP contribution in [0.3, 0.4) is 0 Å². The Morgan fingerprint density at radius 2 is 1.81 bits per heavy atom. The second-order valence-electron chi connectivity index (χ2n) is 5.46. The Kier molecular flexibility index (Phi) is 4.61. The molecule has 0 aliphatic rings. The molecule has 1 N–H and O–H groups in total. The van der Waals surface area contributed by atoms with E-state index in [2.05, 4.69) is 31.2 Å². The van der Waals surface area contributed by atoms with E-state index >= 15 is 0 Å². The van der Waals surface area contributed by atoms with Crippen LogP contribution in [0.5, 0.6) is 0 Å². The Balaban J connectivity index is 2.51. The van der Waals surface area contributed by atoms with Crippen LogP contribution in [-0.2, 0) is 5.41 Å². The summed E-state index contributed by atoms with van der Waals surface area (Å²) in [5, 5.41) is 3.23. The fourth-order valence-electron chi connectivity index (χ4n) is 2.12. The number of halogens is 2. The monoisotopic (exact) mass is 351 g/mol. The molecule has 0 spiro atoms. The predicted molar refractivity (Wildman–Crippen MR) is 87.2 cm³/mol. The Hall–Kier alpha value is -1.49. The van der Waals surface area contributed by atoms with Crippen molar-refractivity contribution in [2.75, 3.05) is 11.9 Å². The zero-order valence-electron chi connectivity index (χ0n) is 12.7. The van der Waals surface area contributed by atoms with Gasteiger partial charge in [-0.15, -0.1) is 0 Å². The number of aryl methyl sites for hydroxylation is 1. The third kappa shape index (κ3) is 3.23. The molecule has 1 aromatic carbocycles. The fourth-order valence-corrected chi connectivity index (χ4v) is 2.44. The summed E-state index contributed by atoms with van der Waals surface area (Å²) in [6.07, 6.45) is 0. The van der Waals surface area contributed by atoms with E-state index in [1.54, 1.807) is 12.1 Å². The molecule has 0 unspecified atom stereocenters. The molecule has 0 aliphatic heterocycles. The Labute approximate surface area is 133 Å². The third-order valence-electron chi connectivity index (χ3n) is 3.49. The van der Waals surface area contributed by atoms with Crippen molar-refractivity contribution in [2.45, 2.75) is 33.1 Å². The van der Waals surface area contributed by atoms with Crippen molar-refractivity contribution in [3.63, 3.8) is 0 Å². The van der Waals surface area contributed by atoms with Crippen LogP contribution < -0.4 is 5.32 Å². The molecule has 0 atom stereocenters. The summed E-state index contributed by atoms with van der Waals surface area (Å²) >= 11 is 3.51. The molecule has 0 amide bonds. The minimum atomic E-state index is -0.399. The summed E-state index contributed by atoms with van der Waals surface area (Å²) in [4.78, 5) is 9.22. The molecule has 112 valence electrons. The number of hydrogen-bond acceptors (Lipinski definition) is 3. The van der Waals surface area contributed by atoms with E-state index in [0.29, 0.717) is 5.82 Å². The van der Waals surface area contributed by atoms with Crippen LogP contribution in [0.15, 0.2) is 28.7 Å². The lowest BCUT2D eigenvalue weighted by Crippen LogP contribution is -2.24. The molecule has 0 saturated carbocycles. The minimum absolute atomic E-state index is 0.240.